The average molecular weight is 171 g/mol. The number of hydrogen-bond acceptors (Lipinski definition) is 5. The van der Waals surface area contributed by atoms with E-state index in [9.17, 15) is 4.79 Å². The van der Waals surface area contributed by atoms with Crippen molar-refractivity contribution in [3.63, 3.8) is 0 Å². The summed E-state index contributed by atoms with van der Waals surface area (Å²) in [6, 6.07) is 0. The van der Waals surface area contributed by atoms with Gasteiger partial charge >= 0.3 is 17.6 Å². The first-order valence-electron chi connectivity index (χ1n) is 3.17. The molecule has 0 aromatic rings. The molecule has 1 N–H and O–H groups in total. The van der Waals surface area contributed by atoms with Crippen LogP contribution in [-0.4, -0.2) is 16.9 Å². The van der Waals surface area contributed by atoms with Crippen LogP contribution in [0.2, 0.25) is 0 Å². The summed E-state index contributed by atoms with van der Waals surface area (Å²) in [7, 11) is 0. The number of cyclic esters (lactones) is 1. The Morgan fingerprint density at radius 1 is 1.50 bits per heavy atom. The van der Waals surface area contributed by atoms with Gasteiger partial charge in [-0.2, -0.15) is 0 Å². The molecule has 0 aromatic carbocycles. The van der Waals surface area contributed by atoms with Crippen molar-refractivity contribution in [1.82, 2.24) is 0 Å². The zero-order valence-electron chi connectivity index (χ0n) is 6.57. The van der Waals surface area contributed by atoms with Gasteiger partial charge < -0.3 is 14.6 Å². The molecule has 1 heterocycles. The van der Waals surface area contributed by atoms with Gasteiger partial charge in [0.25, 0.3) is 5.79 Å². The van der Waals surface area contributed by atoms with Gasteiger partial charge in [0, 0.05) is 13.8 Å². The van der Waals surface area contributed by atoms with E-state index in [1.165, 1.54) is 13.8 Å². The summed E-state index contributed by atoms with van der Waals surface area (Å²) in [6.07, 6.45) is 0. The summed E-state index contributed by atoms with van der Waals surface area (Å²) in [5, 5.41) is 17.2. The second-order valence-electron chi connectivity index (χ2n) is 2.65. The topological polar surface area (TPSA) is 83.9 Å². The van der Waals surface area contributed by atoms with E-state index in [2.05, 4.69) is 14.4 Å². The Kier molecular flexibility index (Phi) is 1.65. The molecule has 12 heavy (non-hydrogen) atoms. The summed E-state index contributed by atoms with van der Waals surface area (Å²) in [4.78, 5) is 13.4. The number of ether oxygens (including phenoxy) is 2. The van der Waals surface area contributed by atoms with Crippen molar-refractivity contribution in [2.75, 3.05) is 0 Å². The summed E-state index contributed by atoms with van der Waals surface area (Å²) >= 11 is 0. The van der Waals surface area contributed by atoms with Gasteiger partial charge in [0.15, 0.2) is 4.98 Å². The number of diazo groups is 1. The minimum absolute atomic E-state index is 0.630. The van der Waals surface area contributed by atoms with E-state index in [1.54, 1.807) is 0 Å². The molecule has 0 fully saturated rings. The van der Waals surface area contributed by atoms with Crippen LogP contribution in [-0.2, 0) is 14.3 Å². The van der Waals surface area contributed by atoms with Gasteiger partial charge in [0.05, 0.1) is 0 Å². The molecule has 0 saturated heterocycles. The maximum atomic E-state index is 10.9. The molecule has 0 aliphatic carbocycles. The molecule has 0 saturated carbocycles. The van der Waals surface area contributed by atoms with Crippen LogP contribution in [0.5, 0.6) is 0 Å². The molecule has 1 aliphatic rings. The molecular formula is C6H7N2O4+. The number of aliphatic hydroxyl groups is 1. The van der Waals surface area contributed by atoms with Crippen LogP contribution < -0.4 is 0 Å². The number of carbonyl (C=O) groups is 1. The van der Waals surface area contributed by atoms with Gasteiger partial charge in [-0.3, -0.25) is 0 Å². The monoisotopic (exact) mass is 171 g/mol. The molecule has 0 amide bonds. The number of rotatable bonds is 0. The van der Waals surface area contributed by atoms with E-state index < -0.39 is 23.4 Å². The van der Waals surface area contributed by atoms with E-state index in [0.29, 0.717) is 0 Å². The van der Waals surface area contributed by atoms with Crippen molar-refractivity contribution < 1.29 is 19.4 Å². The van der Waals surface area contributed by atoms with Crippen LogP contribution in [0, 0.1) is 5.39 Å². The average Bonchev–Trinajstić information content (AvgIpc) is 1.82. The zero-order valence-corrected chi connectivity index (χ0v) is 6.57. The maximum absolute atomic E-state index is 10.9. The first-order chi connectivity index (χ1) is 5.46. The summed E-state index contributed by atoms with van der Waals surface area (Å²) in [5.41, 5.74) is -0.630. The molecule has 1 aliphatic heterocycles. The van der Waals surface area contributed by atoms with Crippen molar-refractivity contribution in [1.29, 1.82) is 5.39 Å². The molecule has 0 spiro atoms. The number of nitrogens with zero attached hydrogens (tertiary/aromatic N) is 2. The fourth-order valence-corrected chi connectivity index (χ4v) is 0.744. The van der Waals surface area contributed by atoms with E-state index in [1.807, 2.05) is 0 Å². The van der Waals surface area contributed by atoms with E-state index in [4.69, 9.17) is 10.5 Å². The Morgan fingerprint density at radius 2 is 2.08 bits per heavy atom. The largest absolute Gasteiger partial charge is 0.547 e. The Balaban J connectivity index is 3.05. The number of carbonyl (C=O) groups excluding carboxylic acids is 1. The summed E-state index contributed by atoms with van der Waals surface area (Å²) < 4.78 is 9.30. The first kappa shape index (κ1) is 8.33. The third-order valence-corrected chi connectivity index (χ3v) is 1.18. The summed E-state index contributed by atoms with van der Waals surface area (Å²) in [6.45, 7) is 2.88. The highest BCUT2D eigenvalue weighted by molar-refractivity contribution is 5.91. The standard InChI is InChI=1S/C6H6N2O4/c1-6(2)11-4(9)3(8-7)5(10)12-6/h1-2H3/p+1. The van der Waals surface area contributed by atoms with Crippen LogP contribution in [0.4, 0.5) is 0 Å². The number of hydrogen-bond donors (Lipinski definition) is 1. The van der Waals surface area contributed by atoms with Crippen molar-refractivity contribution in [3.05, 3.63) is 16.6 Å². The van der Waals surface area contributed by atoms with E-state index in [0.717, 1.165) is 0 Å². The van der Waals surface area contributed by atoms with Gasteiger partial charge in [-0.05, 0) is 0 Å². The minimum Gasteiger partial charge on any atom is -0.475 e. The van der Waals surface area contributed by atoms with Gasteiger partial charge in [0.2, 0.25) is 5.39 Å². The third kappa shape index (κ3) is 1.29. The molecule has 0 bridgehead atoms. The molecule has 0 radical (unpaired) electrons. The predicted molar refractivity (Wildman–Crippen MR) is 36.0 cm³/mol. The van der Waals surface area contributed by atoms with Gasteiger partial charge in [-0.1, -0.05) is 0 Å². The highest BCUT2D eigenvalue weighted by Crippen LogP contribution is 2.25. The Morgan fingerprint density at radius 3 is 2.50 bits per heavy atom. The maximum Gasteiger partial charge on any atom is 0.547 e. The van der Waals surface area contributed by atoms with Crippen LogP contribution in [0.25, 0.3) is 4.98 Å². The first-order valence-corrected chi connectivity index (χ1v) is 3.17. The quantitative estimate of drug-likeness (QED) is 0.432. The predicted octanol–water partition coefficient (Wildman–Crippen LogP) is 0.876. The van der Waals surface area contributed by atoms with Crippen molar-refractivity contribution in [3.8, 4) is 0 Å². The Bertz CT molecular complexity index is 299. The molecule has 0 aromatic heterocycles. The fourth-order valence-electron chi connectivity index (χ4n) is 0.744. The highest BCUT2D eigenvalue weighted by Gasteiger charge is 2.45. The highest BCUT2D eigenvalue weighted by atomic mass is 16.8. The van der Waals surface area contributed by atoms with Crippen molar-refractivity contribution in [2.45, 2.75) is 19.6 Å². The molecule has 6 heteroatoms. The second-order valence-corrected chi connectivity index (χ2v) is 2.65. The lowest BCUT2D eigenvalue weighted by Crippen LogP contribution is -2.36. The lowest BCUT2D eigenvalue weighted by molar-refractivity contribution is -0.221. The van der Waals surface area contributed by atoms with Gasteiger partial charge in [-0.25, -0.2) is 4.79 Å². The smallest absolute Gasteiger partial charge is 0.475 e. The van der Waals surface area contributed by atoms with Gasteiger partial charge in [0.1, 0.15) is 0 Å². The number of aliphatic hydroxyl groups excluding tert-OH is 1. The Labute approximate surface area is 68.0 Å². The second kappa shape index (κ2) is 2.37. The lowest BCUT2D eigenvalue weighted by atomic mass is 10.3. The van der Waals surface area contributed by atoms with Gasteiger partial charge in [-0.15, -0.1) is 0 Å². The SMILES string of the molecule is CC1(C)OC(=O)C([N+]#N)=C(O)O1. The third-order valence-electron chi connectivity index (χ3n) is 1.18. The molecule has 0 unspecified atom stereocenters. The Hall–Kier alpha value is -1.77. The van der Waals surface area contributed by atoms with E-state index in [-0.39, 0.29) is 0 Å². The molecule has 64 valence electrons. The molecule has 0 atom stereocenters. The van der Waals surface area contributed by atoms with Crippen molar-refractivity contribution in [2.24, 2.45) is 0 Å². The fraction of sp³-hybridized carbons (Fsp3) is 0.500. The number of esters is 1. The van der Waals surface area contributed by atoms with E-state index >= 15 is 0 Å². The zero-order chi connectivity index (χ0) is 9.35. The van der Waals surface area contributed by atoms with Crippen LogP contribution in [0.15, 0.2) is 11.6 Å². The van der Waals surface area contributed by atoms with Crippen LogP contribution >= 0.6 is 0 Å². The lowest BCUT2D eigenvalue weighted by Gasteiger charge is -2.25. The van der Waals surface area contributed by atoms with Crippen LogP contribution in [0.1, 0.15) is 13.8 Å². The molecular weight excluding hydrogens is 164 g/mol. The molecule has 6 nitrogen and oxygen atoms in total. The summed E-state index contributed by atoms with van der Waals surface area (Å²) in [5.74, 6) is -2.89. The minimum atomic E-state index is -1.23. The van der Waals surface area contributed by atoms with Crippen LogP contribution in [0.3, 0.4) is 0 Å². The normalized spacial score (nSPS) is 20.9. The van der Waals surface area contributed by atoms with Crippen molar-refractivity contribution >= 4 is 5.97 Å². The molecule has 1 rings (SSSR count).